The summed E-state index contributed by atoms with van der Waals surface area (Å²) in [6.45, 7) is -0.314. The Balaban J connectivity index is 0.000000196. The van der Waals surface area contributed by atoms with Gasteiger partial charge in [0.15, 0.2) is 0 Å². The van der Waals surface area contributed by atoms with E-state index in [1.165, 1.54) is 11.8 Å². The maximum Gasteiger partial charge on any atom is 0.0280 e. The molecule has 0 N–H and O–H groups in total. The van der Waals surface area contributed by atoms with E-state index in [9.17, 15) is 0 Å². The minimum absolute atomic E-state index is 0. The topological polar surface area (TPSA) is 25.8 Å². The molecule has 2 nitrogen and oxygen atoms in total. The maximum atomic E-state index is 7.37. The van der Waals surface area contributed by atoms with Gasteiger partial charge in [-0.25, -0.2) is 0 Å². The fourth-order valence-electron chi connectivity index (χ4n) is 3.16. The van der Waals surface area contributed by atoms with Crippen molar-refractivity contribution in [2.24, 2.45) is 0 Å². The molecule has 0 atom stereocenters. The fraction of sp³-hybridized carbons (Fsp3) is 0.0667. The maximum absolute atomic E-state index is 7.37. The van der Waals surface area contributed by atoms with Gasteiger partial charge in [0.05, 0.1) is 0 Å². The first-order valence-corrected chi connectivity index (χ1v) is 10.3. The van der Waals surface area contributed by atoms with Crippen LogP contribution in [0, 0.1) is 25.9 Å². The number of hydrogen-bond donors (Lipinski definition) is 0. The third kappa shape index (κ3) is 6.55. The summed E-state index contributed by atoms with van der Waals surface area (Å²) in [7, 11) is 0. The van der Waals surface area contributed by atoms with E-state index in [4.69, 9.17) is 4.11 Å². The summed E-state index contributed by atoms with van der Waals surface area (Å²) >= 11 is 0. The van der Waals surface area contributed by atoms with Crippen LogP contribution in [0.5, 0.6) is 0 Å². The van der Waals surface area contributed by atoms with Crippen molar-refractivity contribution in [3.63, 3.8) is 0 Å². The van der Waals surface area contributed by atoms with Gasteiger partial charge >= 0.3 is 0 Å². The van der Waals surface area contributed by atoms with E-state index >= 15 is 0 Å². The molecule has 0 bridgehead atoms. The third-order valence-corrected chi connectivity index (χ3v) is 4.95. The van der Waals surface area contributed by atoms with Crippen LogP contribution in [0.3, 0.4) is 0 Å². The molecule has 2 aromatic heterocycles. The molecule has 33 heavy (non-hydrogen) atoms. The quantitative estimate of drug-likeness (QED) is 0.200. The van der Waals surface area contributed by atoms with Gasteiger partial charge in [-0.1, -0.05) is 54.1 Å². The summed E-state index contributed by atoms with van der Waals surface area (Å²) in [6.07, 6.45) is 3.34. The minimum atomic E-state index is -2.10. The minimum Gasteiger partial charge on any atom is -0.304 e. The summed E-state index contributed by atoms with van der Waals surface area (Å²) in [5, 5.41) is 0. The number of aryl methyl sites for hydroxylation is 2. The number of rotatable bonds is 3. The molecule has 1 radical (unpaired) electrons. The monoisotopic (exact) mass is 608 g/mol. The van der Waals surface area contributed by atoms with E-state index in [1.807, 2.05) is 79.0 Å². The molecule has 3 heteroatoms. The van der Waals surface area contributed by atoms with Gasteiger partial charge in [-0.3, -0.25) is 0 Å². The van der Waals surface area contributed by atoms with Crippen LogP contribution in [-0.4, -0.2) is 9.97 Å². The van der Waals surface area contributed by atoms with Gasteiger partial charge in [-0.15, -0.1) is 71.8 Å². The Morgan fingerprint density at radius 1 is 0.636 bits per heavy atom. The van der Waals surface area contributed by atoms with E-state index in [2.05, 4.69) is 40.3 Å². The van der Waals surface area contributed by atoms with Crippen LogP contribution in [-0.2, 0) is 20.1 Å². The van der Waals surface area contributed by atoms with Crippen molar-refractivity contribution >= 4 is 0 Å². The van der Waals surface area contributed by atoms with Crippen LogP contribution in [0.1, 0.15) is 15.2 Å². The summed E-state index contributed by atoms with van der Waals surface area (Å²) in [5.74, 6) is 0. The molecule has 0 amide bonds. The zero-order valence-corrected chi connectivity index (χ0v) is 20.5. The summed E-state index contributed by atoms with van der Waals surface area (Å²) in [5.41, 5.74) is 6.95. The molecule has 0 saturated carbocycles. The molecule has 5 aromatic rings. The Kier molecular flexibility index (Phi) is 7.36. The zero-order chi connectivity index (χ0) is 24.7. The van der Waals surface area contributed by atoms with Crippen molar-refractivity contribution in [3.05, 3.63) is 133 Å². The molecular formula is C30H24IrN2-2. The summed E-state index contributed by atoms with van der Waals surface area (Å²) in [4.78, 5) is 8.68. The first-order chi connectivity index (χ1) is 16.9. The molecule has 0 aliphatic rings. The predicted octanol–water partition coefficient (Wildman–Crippen LogP) is 7.38. The molecule has 2 heterocycles. The van der Waals surface area contributed by atoms with E-state index in [-0.39, 0.29) is 20.1 Å². The first kappa shape index (κ1) is 20.2. The van der Waals surface area contributed by atoms with Crippen LogP contribution in [0.15, 0.2) is 109 Å². The molecule has 0 aliphatic carbocycles. The van der Waals surface area contributed by atoms with Gasteiger partial charge in [0, 0.05) is 36.6 Å². The van der Waals surface area contributed by atoms with Gasteiger partial charge in [-0.2, -0.15) is 0 Å². The predicted molar refractivity (Wildman–Crippen MR) is 132 cm³/mol. The molecule has 0 aliphatic heterocycles. The van der Waals surface area contributed by atoms with Crippen LogP contribution >= 0.6 is 0 Å². The molecular weight excluding hydrogens is 581 g/mol. The first-order valence-electron chi connectivity index (χ1n) is 11.8. The average Bonchev–Trinajstić information content (AvgIpc) is 2.90. The number of nitrogens with zero attached hydrogens (tertiary/aromatic N) is 2. The summed E-state index contributed by atoms with van der Waals surface area (Å²) in [6, 6.07) is 37.8. The standard InChI is InChI=1S/C17H12N.C13H12N.Ir/c1-3-7-14(8-4-1)16-11-12-17(18-13-16)15-9-5-2-6-10-15;1-10-8-13(14-9-11(10)2)12-6-4-3-5-7-12;/h1-9,11-13H;3-6,8-9H,1-2H3;/q2*-1;/i;2D3;. The molecule has 5 rings (SSSR count). The van der Waals surface area contributed by atoms with E-state index in [0.29, 0.717) is 5.56 Å². The van der Waals surface area contributed by atoms with Crippen LogP contribution < -0.4 is 0 Å². The van der Waals surface area contributed by atoms with Crippen molar-refractivity contribution in [1.82, 2.24) is 9.97 Å². The van der Waals surface area contributed by atoms with Crippen molar-refractivity contribution in [2.75, 3.05) is 0 Å². The van der Waals surface area contributed by atoms with Gasteiger partial charge in [0.2, 0.25) is 0 Å². The van der Waals surface area contributed by atoms with E-state index in [1.54, 1.807) is 13.0 Å². The Labute approximate surface area is 214 Å². The Bertz CT molecular complexity index is 1300. The van der Waals surface area contributed by atoms with Crippen molar-refractivity contribution < 1.29 is 24.2 Å². The van der Waals surface area contributed by atoms with Crippen LogP contribution in [0.2, 0.25) is 0 Å². The number of hydrogen-bond acceptors (Lipinski definition) is 2. The fourth-order valence-corrected chi connectivity index (χ4v) is 3.16. The Morgan fingerprint density at radius 3 is 1.82 bits per heavy atom. The van der Waals surface area contributed by atoms with E-state index in [0.717, 1.165) is 33.6 Å². The molecule has 0 spiro atoms. The third-order valence-electron chi connectivity index (χ3n) is 4.95. The second-order valence-electron chi connectivity index (χ2n) is 7.24. The van der Waals surface area contributed by atoms with Gasteiger partial charge in [0.1, 0.15) is 0 Å². The smallest absolute Gasteiger partial charge is 0.0280 e. The Morgan fingerprint density at radius 2 is 1.27 bits per heavy atom. The average molecular weight is 608 g/mol. The Hall–Kier alpha value is -3.39. The van der Waals surface area contributed by atoms with Crippen LogP contribution in [0.25, 0.3) is 33.6 Å². The second kappa shape index (κ2) is 12.0. The SMILES string of the molecule is [2H]C([2H])([2H])c1cnc(-c2[c-]cccc2)cc1C.[Ir].[c-]1ccccc1-c1ccc(-c2ccccc2)cn1. The summed E-state index contributed by atoms with van der Waals surface area (Å²) < 4.78 is 22.1. The number of benzene rings is 3. The normalized spacial score (nSPS) is 11.6. The number of aromatic nitrogens is 2. The van der Waals surface area contributed by atoms with Crippen molar-refractivity contribution in [2.45, 2.75) is 13.8 Å². The number of pyridine rings is 2. The molecule has 0 fully saturated rings. The second-order valence-corrected chi connectivity index (χ2v) is 7.24. The van der Waals surface area contributed by atoms with E-state index < -0.39 is 6.85 Å². The van der Waals surface area contributed by atoms with Gasteiger partial charge < -0.3 is 9.97 Å². The molecule has 165 valence electrons. The van der Waals surface area contributed by atoms with Gasteiger partial charge in [0.25, 0.3) is 0 Å². The zero-order valence-electron chi connectivity index (χ0n) is 21.1. The van der Waals surface area contributed by atoms with Gasteiger partial charge in [-0.05, 0) is 41.9 Å². The largest absolute Gasteiger partial charge is 0.304 e. The molecule has 0 unspecified atom stereocenters. The van der Waals surface area contributed by atoms with Crippen molar-refractivity contribution in [1.29, 1.82) is 0 Å². The molecule has 0 saturated heterocycles. The van der Waals surface area contributed by atoms with Crippen molar-refractivity contribution in [3.8, 4) is 33.6 Å². The van der Waals surface area contributed by atoms with Crippen LogP contribution in [0.4, 0.5) is 0 Å². The molecule has 3 aromatic carbocycles.